The summed E-state index contributed by atoms with van der Waals surface area (Å²) in [6, 6.07) is 6.11. The molecule has 0 aromatic heterocycles. The monoisotopic (exact) mass is 432 g/mol. The molecule has 1 aromatic carbocycles. The number of carbonyl (C=O) groups excluding carboxylic acids is 1. The van der Waals surface area contributed by atoms with E-state index in [1.54, 1.807) is 0 Å². The normalized spacial score (nSPS) is 22.8. The van der Waals surface area contributed by atoms with Crippen molar-refractivity contribution in [2.24, 2.45) is 0 Å². The van der Waals surface area contributed by atoms with E-state index in [9.17, 15) is 9.90 Å². The Morgan fingerprint density at radius 1 is 1.10 bits per heavy atom. The maximum atomic E-state index is 12.7. The van der Waals surface area contributed by atoms with Gasteiger partial charge in [0.2, 0.25) is 5.91 Å². The van der Waals surface area contributed by atoms with Crippen molar-refractivity contribution in [1.29, 1.82) is 0 Å². The Morgan fingerprint density at radius 2 is 1.77 bits per heavy atom. The van der Waals surface area contributed by atoms with E-state index in [4.69, 9.17) is 9.47 Å². The molecule has 3 rings (SSSR count). The first-order chi connectivity index (χ1) is 15.0. The van der Waals surface area contributed by atoms with Crippen LogP contribution in [0.15, 0.2) is 18.2 Å². The zero-order chi connectivity index (χ0) is 22.2. The van der Waals surface area contributed by atoms with Gasteiger partial charge in [-0.2, -0.15) is 0 Å². The predicted molar refractivity (Wildman–Crippen MR) is 123 cm³/mol. The molecule has 0 radical (unpaired) electrons. The van der Waals surface area contributed by atoms with E-state index in [1.807, 2.05) is 18.2 Å². The third-order valence-corrected chi connectivity index (χ3v) is 6.68. The van der Waals surface area contributed by atoms with Crippen LogP contribution >= 0.6 is 0 Å². The highest BCUT2D eigenvalue weighted by molar-refractivity contribution is 5.76. The molecule has 174 valence electrons. The molecular weight excluding hydrogens is 392 g/mol. The van der Waals surface area contributed by atoms with Gasteiger partial charge in [0.25, 0.3) is 0 Å². The second kappa shape index (κ2) is 11.7. The van der Waals surface area contributed by atoms with E-state index in [2.05, 4.69) is 31.0 Å². The number of ether oxygens (including phenoxy) is 2. The molecule has 6 heteroatoms. The first-order valence-electron chi connectivity index (χ1n) is 12.1. The Hall–Kier alpha value is -1.79. The van der Waals surface area contributed by atoms with Gasteiger partial charge < -0.3 is 19.9 Å². The highest BCUT2D eigenvalue weighted by atomic mass is 16.6. The highest BCUT2D eigenvalue weighted by Crippen LogP contribution is 2.34. The average Bonchev–Trinajstić information content (AvgIpc) is 3.09. The smallest absolute Gasteiger partial charge is 0.220 e. The molecule has 1 amide bonds. The summed E-state index contributed by atoms with van der Waals surface area (Å²) in [7, 11) is 0. The lowest BCUT2D eigenvalue weighted by Gasteiger charge is -2.33. The van der Waals surface area contributed by atoms with Crippen LogP contribution in [0.3, 0.4) is 0 Å². The molecule has 6 nitrogen and oxygen atoms in total. The van der Waals surface area contributed by atoms with Crippen LogP contribution in [0.5, 0.6) is 11.5 Å². The summed E-state index contributed by atoms with van der Waals surface area (Å²) in [5.41, 5.74) is 0.747. The molecule has 1 saturated heterocycles. The van der Waals surface area contributed by atoms with E-state index < -0.39 is 6.10 Å². The predicted octanol–water partition coefficient (Wildman–Crippen LogP) is 4.21. The summed E-state index contributed by atoms with van der Waals surface area (Å²) in [5, 5.41) is 14.4. The van der Waals surface area contributed by atoms with Crippen molar-refractivity contribution >= 4 is 5.91 Å². The zero-order valence-corrected chi connectivity index (χ0v) is 19.4. The summed E-state index contributed by atoms with van der Waals surface area (Å²) in [4.78, 5) is 15.1. The number of carbonyl (C=O) groups is 1. The van der Waals surface area contributed by atoms with Crippen molar-refractivity contribution in [2.45, 2.75) is 96.4 Å². The molecule has 2 heterocycles. The molecule has 1 fully saturated rings. The summed E-state index contributed by atoms with van der Waals surface area (Å²) in [6.45, 7) is 8.33. The summed E-state index contributed by atoms with van der Waals surface area (Å²) in [5.74, 6) is 1.39. The molecule has 0 saturated carbocycles. The van der Waals surface area contributed by atoms with Crippen LogP contribution in [0, 0.1) is 0 Å². The average molecular weight is 433 g/mol. The molecule has 2 N–H and O–H groups in total. The van der Waals surface area contributed by atoms with Gasteiger partial charge in [0, 0.05) is 25.0 Å². The number of likely N-dealkylation sites (tertiary alicyclic amines) is 1. The number of rotatable bonds is 11. The summed E-state index contributed by atoms with van der Waals surface area (Å²) < 4.78 is 11.3. The fourth-order valence-corrected chi connectivity index (χ4v) is 4.70. The topological polar surface area (TPSA) is 71.0 Å². The quantitative estimate of drug-likeness (QED) is 0.513. The van der Waals surface area contributed by atoms with Crippen molar-refractivity contribution in [3.63, 3.8) is 0 Å². The van der Waals surface area contributed by atoms with Crippen LogP contribution in [0.4, 0.5) is 0 Å². The Morgan fingerprint density at radius 3 is 2.48 bits per heavy atom. The van der Waals surface area contributed by atoms with Crippen LogP contribution in [0.25, 0.3) is 0 Å². The van der Waals surface area contributed by atoms with Gasteiger partial charge in [-0.25, -0.2) is 0 Å². The summed E-state index contributed by atoms with van der Waals surface area (Å²) >= 11 is 0. The van der Waals surface area contributed by atoms with Crippen molar-refractivity contribution in [2.75, 3.05) is 19.8 Å². The Kier molecular flexibility index (Phi) is 9.02. The maximum absolute atomic E-state index is 12.7. The van der Waals surface area contributed by atoms with Crippen LogP contribution in [0.1, 0.15) is 83.8 Å². The van der Waals surface area contributed by atoms with Gasteiger partial charge in [-0.1, -0.05) is 38.7 Å². The van der Waals surface area contributed by atoms with Crippen molar-refractivity contribution < 1.29 is 19.4 Å². The fourth-order valence-electron chi connectivity index (χ4n) is 4.70. The van der Waals surface area contributed by atoms with Crippen LogP contribution in [-0.2, 0) is 4.79 Å². The molecule has 1 aromatic rings. The molecule has 0 bridgehead atoms. The van der Waals surface area contributed by atoms with Gasteiger partial charge in [0.1, 0.15) is 19.3 Å². The van der Waals surface area contributed by atoms with E-state index in [1.165, 1.54) is 19.3 Å². The Bertz CT molecular complexity index is 701. The molecule has 2 aliphatic rings. The van der Waals surface area contributed by atoms with Crippen LogP contribution in [-0.4, -0.2) is 53.8 Å². The van der Waals surface area contributed by atoms with Gasteiger partial charge in [0.05, 0.1) is 6.04 Å². The van der Waals surface area contributed by atoms with E-state index >= 15 is 0 Å². The largest absolute Gasteiger partial charge is 0.486 e. The Labute approximate surface area is 187 Å². The maximum Gasteiger partial charge on any atom is 0.220 e. The molecule has 2 aliphatic heterocycles. The lowest BCUT2D eigenvalue weighted by atomic mass is 10.00. The molecule has 1 unspecified atom stereocenters. The second-order valence-corrected chi connectivity index (χ2v) is 9.16. The van der Waals surface area contributed by atoms with Gasteiger partial charge in [-0.05, 0) is 50.8 Å². The minimum absolute atomic E-state index is 0.0256. The second-order valence-electron chi connectivity index (χ2n) is 9.16. The van der Waals surface area contributed by atoms with E-state index in [0.29, 0.717) is 49.8 Å². The van der Waals surface area contributed by atoms with Crippen molar-refractivity contribution in [3.05, 3.63) is 23.8 Å². The third kappa shape index (κ3) is 6.59. The van der Waals surface area contributed by atoms with Gasteiger partial charge in [-0.15, -0.1) is 0 Å². The number of hydrogen-bond acceptors (Lipinski definition) is 5. The van der Waals surface area contributed by atoms with E-state index in [-0.39, 0.29) is 11.9 Å². The first kappa shape index (κ1) is 23.9. The zero-order valence-electron chi connectivity index (χ0n) is 19.4. The number of aliphatic hydroxyl groups excluding tert-OH is 1. The third-order valence-electron chi connectivity index (χ3n) is 6.68. The number of unbranched alkanes of at least 4 members (excludes halogenated alkanes) is 4. The SMILES string of the molecule is CCCCCCCC(=O)NC(CN1[C@H](C)CC[C@H]1C)[C@H](O)c1ccc2c(c1)OCCO2. The van der Waals surface area contributed by atoms with Crippen molar-refractivity contribution in [3.8, 4) is 11.5 Å². The number of benzene rings is 1. The van der Waals surface area contributed by atoms with Crippen LogP contribution < -0.4 is 14.8 Å². The number of nitrogens with one attached hydrogen (secondary N) is 1. The molecule has 4 atom stereocenters. The first-order valence-corrected chi connectivity index (χ1v) is 12.1. The Balaban J connectivity index is 1.68. The molecule has 0 spiro atoms. The van der Waals surface area contributed by atoms with Gasteiger partial charge in [0.15, 0.2) is 11.5 Å². The minimum Gasteiger partial charge on any atom is -0.486 e. The fraction of sp³-hybridized carbons (Fsp3) is 0.720. The van der Waals surface area contributed by atoms with Gasteiger partial charge in [-0.3, -0.25) is 9.69 Å². The van der Waals surface area contributed by atoms with Crippen molar-refractivity contribution in [1.82, 2.24) is 10.2 Å². The minimum atomic E-state index is -0.806. The number of nitrogens with zero attached hydrogens (tertiary/aromatic N) is 1. The van der Waals surface area contributed by atoms with E-state index in [0.717, 1.165) is 31.2 Å². The molecule has 31 heavy (non-hydrogen) atoms. The number of amides is 1. The van der Waals surface area contributed by atoms with Gasteiger partial charge >= 0.3 is 0 Å². The lowest BCUT2D eigenvalue weighted by molar-refractivity contribution is -0.123. The number of fused-ring (bicyclic) bond motifs is 1. The highest BCUT2D eigenvalue weighted by Gasteiger charge is 2.33. The standard InChI is InChI=1S/C25H40N2O4/c1-4-5-6-7-8-9-24(28)26-21(17-27-18(2)10-11-19(27)3)25(29)20-12-13-22-23(16-20)31-15-14-30-22/h12-13,16,18-19,21,25,29H,4-11,14-15,17H2,1-3H3,(H,26,28)/t18-,19-,21?,25-/m1/s1. The molecular formula is C25H40N2O4. The summed E-state index contributed by atoms with van der Waals surface area (Å²) in [6.07, 6.45) is 7.58. The van der Waals surface area contributed by atoms with Crippen LogP contribution in [0.2, 0.25) is 0 Å². The molecule has 0 aliphatic carbocycles. The lowest BCUT2D eigenvalue weighted by Crippen LogP contribution is -2.49. The number of aliphatic hydroxyl groups is 1. The number of hydrogen-bond donors (Lipinski definition) is 2.